The van der Waals surface area contributed by atoms with Crippen LogP contribution in [0.3, 0.4) is 0 Å². The molecule has 3 heterocycles. The molecule has 0 spiro atoms. The molecule has 1 N–H and O–H groups in total. The van der Waals surface area contributed by atoms with Gasteiger partial charge in [0.05, 0.1) is 31.3 Å². The normalized spacial score (nSPS) is 20.1. The van der Waals surface area contributed by atoms with Gasteiger partial charge in [-0.05, 0) is 43.4 Å². The summed E-state index contributed by atoms with van der Waals surface area (Å²) in [6, 6.07) is 10.1. The average Bonchev–Trinajstić information content (AvgIpc) is 3.16. The number of rotatable bonds is 5. The molecule has 5 nitrogen and oxygen atoms in total. The van der Waals surface area contributed by atoms with Crippen LogP contribution >= 0.6 is 23.6 Å². The number of aromatic nitrogens is 1. The summed E-state index contributed by atoms with van der Waals surface area (Å²) in [4.78, 5) is 20.6. The molecule has 0 saturated carbocycles. The number of ether oxygens (including phenoxy) is 1. The second-order valence-electron chi connectivity index (χ2n) is 5.59. The van der Waals surface area contributed by atoms with Crippen molar-refractivity contribution in [2.45, 2.75) is 25.4 Å². The van der Waals surface area contributed by atoms with E-state index >= 15 is 0 Å². The van der Waals surface area contributed by atoms with Crippen molar-refractivity contribution in [3.8, 4) is 0 Å². The van der Waals surface area contributed by atoms with Gasteiger partial charge in [0.25, 0.3) is 0 Å². The Bertz CT molecular complexity index is 732. The van der Waals surface area contributed by atoms with Gasteiger partial charge in [0.1, 0.15) is 0 Å². The second-order valence-corrected chi connectivity index (χ2v) is 7.30. The topological polar surface area (TPSA) is 54.5 Å². The first kappa shape index (κ1) is 16.9. The van der Waals surface area contributed by atoms with Crippen LogP contribution in [0.1, 0.15) is 34.0 Å². The van der Waals surface area contributed by atoms with Gasteiger partial charge in [-0.1, -0.05) is 6.07 Å². The van der Waals surface area contributed by atoms with Gasteiger partial charge >= 0.3 is 5.97 Å². The van der Waals surface area contributed by atoms with Crippen LogP contribution in [0.25, 0.3) is 0 Å². The number of nitrogens with zero attached hydrogens (tertiary/aromatic N) is 2. The van der Waals surface area contributed by atoms with E-state index in [4.69, 9.17) is 17.0 Å². The molecule has 2 aromatic rings. The fourth-order valence-corrected chi connectivity index (χ4v) is 4.24. The number of hydrogen-bond acceptors (Lipinski definition) is 5. The van der Waals surface area contributed by atoms with Crippen molar-refractivity contribution in [1.82, 2.24) is 15.2 Å². The highest BCUT2D eigenvalue weighted by Crippen LogP contribution is 2.41. The highest BCUT2D eigenvalue weighted by molar-refractivity contribution is 7.80. The van der Waals surface area contributed by atoms with Gasteiger partial charge in [0, 0.05) is 22.5 Å². The lowest BCUT2D eigenvalue weighted by molar-refractivity contribution is -0.140. The van der Waals surface area contributed by atoms with Crippen molar-refractivity contribution < 1.29 is 9.53 Å². The van der Waals surface area contributed by atoms with Crippen LogP contribution in [-0.2, 0) is 9.53 Å². The standard InChI is InChI=1S/C17H19N3O2S2/c1-11-6-7-13(24-11)16-15(12-5-3-4-9-18-12)19-17(23)20(16)10-8-14(21)22-2/h3-7,9,15-16H,8,10H2,1-2H3,(H,19,23). The Kier molecular flexibility index (Phi) is 5.11. The van der Waals surface area contributed by atoms with Crippen molar-refractivity contribution in [3.63, 3.8) is 0 Å². The monoisotopic (exact) mass is 361 g/mol. The Morgan fingerprint density at radius 2 is 2.25 bits per heavy atom. The number of carbonyl (C=O) groups is 1. The maximum absolute atomic E-state index is 11.6. The minimum Gasteiger partial charge on any atom is -0.469 e. The molecule has 0 bridgehead atoms. The quantitative estimate of drug-likeness (QED) is 0.653. The molecule has 1 fully saturated rings. The largest absolute Gasteiger partial charge is 0.469 e. The van der Waals surface area contributed by atoms with Crippen molar-refractivity contribution in [2.24, 2.45) is 0 Å². The van der Waals surface area contributed by atoms with E-state index in [2.05, 4.69) is 34.3 Å². The lowest BCUT2D eigenvalue weighted by Gasteiger charge is -2.26. The van der Waals surface area contributed by atoms with Crippen LogP contribution in [0.5, 0.6) is 0 Å². The zero-order chi connectivity index (χ0) is 17.1. The fourth-order valence-electron chi connectivity index (χ4n) is 2.88. The number of carbonyl (C=O) groups excluding carboxylic acids is 1. The zero-order valence-corrected chi connectivity index (χ0v) is 15.2. The van der Waals surface area contributed by atoms with Gasteiger partial charge in [-0.15, -0.1) is 11.3 Å². The summed E-state index contributed by atoms with van der Waals surface area (Å²) < 4.78 is 4.76. The summed E-state index contributed by atoms with van der Waals surface area (Å²) in [5.74, 6) is -0.236. The Morgan fingerprint density at radius 1 is 1.42 bits per heavy atom. The Labute approximate surface area is 150 Å². The summed E-state index contributed by atoms with van der Waals surface area (Å²) in [6.07, 6.45) is 2.09. The molecule has 2 aromatic heterocycles. The highest BCUT2D eigenvalue weighted by atomic mass is 32.1. The van der Waals surface area contributed by atoms with Crippen molar-refractivity contribution in [3.05, 3.63) is 52.0 Å². The summed E-state index contributed by atoms with van der Waals surface area (Å²) in [5, 5.41) is 4.01. The molecule has 126 valence electrons. The van der Waals surface area contributed by atoms with E-state index < -0.39 is 0 Å². The first-order valence-electron chi connectivity index (χ1n) is 7.71. The van der Waals surface area contributed by atoms with Crippen LogP contribution in [0, 0.1) is 6.92 Å². The molecular formula is C17H19N3O2S2. The molecule has 0 radical (unpaired) electrons. The van der Waals surface area contributed by atoms with E-state index in [9.17, 15) is 4.79 Å². The number of esters is 1. The second kappa shape index (κ2) is 7.27. The van der Waals surface area contributed by atoms with Crippen molar-refractivity contribution in [2.75, 3.05) is 13.7 Å². The van der Waals surface area contributed by atoms with Gasteiger partial charge < -0.3 is 15.0 Å². The highest BCUT2D eigenvalue weighted by Gasteiger charge is 2.40. The number of nitrogens with one attached hydrogen (secondary N) is 1. The van der Waals surface area contributed by atoms with Crippen molar-refractivity contribution >= 4 is 34.6 Å². The Hall–Kier alpha value is -1.99. The molecule has 2 atom stereocenters. The number of thiophene rings is 1. The molecule has 0 amide bonds. The molecule has 0 aliphatic carbocycles. The molecule has 1 aliphatic heterocycles. The van der Waals surface area contributed by atoms with E-state index in [1.807, 2.05) is 18.2 Å². The SMILES string of the molecule is COC(=O)CCN1C(=S)NC(c2ccccn2)C1c1ccc(C)s1. The smallest absolute Gasteiger partial charge is 0.307 e. The summed E-state index contributed by atoms with van der Waals surface area (Å²) in [7, 11) is 1.40. The Morgan fingerprint density at radius 3 is 2.88 bits per heavy atom. The molecule has 2 unspecified atom stereocenters. The number of hydrogen-bond donors (Lipinski definition) is 1. The number of aryl methyl sites for hydroxylation is 1. The maximum Gasteiger partial charge on any atom is 0.307 e. The van der Waals surface area contributed by atoms with Gasteiger partial charge in [-0.2, -0.15) is 0 Å². The number of thiocarbonyl (C=S) groups is 1. The van der Waals surface area contributed by atoms with Crippen LogP contribution in [-0.4, -0.2) is 34.6 Å². The predicted molar refractivity (Wildman–Crippen MR) is 97.8 cm³/mol. The summed E-state index contributed by atoms with van der Waals surface area (Å²) >= 11 is 7.27. The van der Waals surface area contributed by atoms with E-state index in [0.717, 1.165) is 5.69 Å². The lowest BCUT2D eigenvalue weighted by atomic mass is 10.0. The first-order chi connectivity index (χ1) is 11.6. The zero-order valence-electron chi connectivity index (χ0n) is 13.6. The Balaban J connectivity index is 1.92. The maximum atomic E-state index is 11.6. The third-order valence-corrected chi connectivity index (χ3v) is 5.46. The number of pyridine rings is 1. The lowest BCUT2D eigenvalue weighted by Crippen LogP contribution is -2.31. The van der Waals surface area contributed by atoms with Gasteiger partial charge in [-0.3, -0.25) is 9.78 Å². The third-order valence-electron chi connectivity index (χ3n) is 4.03. The van der Waals surface area contributed by atoms with E-state index in [0.29, 0.717) is 18.1 Å². The summed E-state index contributed by atoms with van der Waals surface area (Å²) in [5.41, 5.74) is 0.941. The van der Waals surface area contributed by atoms with E-state index in [-0.39, 0.29) is 18.1 Å². The molecular weight excluding hydrogens is 342 g/mol. The number of methoxy groups -OCH3 is 1. The van der Waals surface area contributed by atoms with Crippen LogP contribution in [0.4, 0.5) is 0 Å². The molecule has 24 heavy (non-hydrogen) atoms. The summed E-state index contributed by atoms with van der Waals surface area (Å²) in [6.45, 7) is 2.60. The van der Waals surface area contributed by atoms with E-state index in [1.165, 1.54) is 16.9 Å². The molecule has 0 aromatic carbocycles. The predicted octanol–water partition coefficient (Wildman–Crippen LogP) is 2.99. The van der Waals surface area contributed by atoms with Gasteiger partial charge in [0.2, 0.25) is 0 Å². The first-order valence-corrected chi connectivity index (χ1v) is 8.94. The minimum absolute atomic E-state index is 0.0238. The molecule has 1 saturated heterocycles. The molecule has 7 heteroatoms. The van der Waals surface area contributed by atoms with Gasteiger partial charge in [-0.25, -0.2) is 0 Å². The van der Waals surface area contributed by atoms with E-state index in [1.54, 1.807) is 17.5 Å². The van der Waals surface area contributed by atoms with Crippen LogP contribution in [0.2, 0.25) is 0 Å². The average molecular weight is 361 g/mol. The molecule has 1 aliphatic rings. The van der Waals surface area contributed by atoms with Crippen LogP contribution in [0.15, 0.2) is 36.5 Å². The van der Waals surface area contributed by atoms with Crippen molar-refractivity contribution in [1.29, 1.82) is 0 Å². The van der Waals surface area contributed by atoms with Gasteiger partial charge in [0.15, 0.2) is 5.11 Å². The fraction of sp³-hybridized carbons (Fsp3) is 0.353. The third kappa shape index (κ3) is 3.42. The molecule has 3 rings (SSSR count). The van der Waals surface area contributed by atoms with Crippen LogP contribution < -0.4 is 5.32 Å². The minimum atomic E-state index is -0.236.